The molecular weight excluding hydrogens is 384 g/mol. The lowest BCUT2D eigenvalue weighted by Crippen LogP contribution is -2.53. The van der Waals surface area contributed by atoms with Crippen LogP contribution in [0.25, 0.3) is 0 Å². The van der Waals surface area contributed by atoms with Gasteiger partial charge in [0.25, 0.3) is 0 Å². The van der Waals surface area contributed by atoms with Crippen LogP contribution in [0, 0.1) is 0 Å². The van der Waals surface area contributed by atoms with Crippen molar-refractivity contribution < 1.29 is 22.7 Å². The van der Waals surface area contributed by atoms with Crippen LogP contribution >= 0.6 is 0 Å². The van der Waals surface area contributed by atoms with Crippen molar-refractivity contribution in [2.75, 3.05) is 52.2 Å². The quantitative estimate of drug-likeness (QED) is 0.658. The van der Waals surface area contributed by atoms with Crippen LogP contribution in [0.2, 0.25) is 0 Å². The van der Waals surface area contributed by atoms with Crippen LogP contribution in [0.15, 0.2) is 18.3 Å². The molecule has 0 N–H and O–H groups in total. The van der Waals surface area contributed by atoms with Gasteiger partial charge in [0.1, 0.15) is 0 Å². The number of carbonyl (C=O) groups excluding carboxylic acids is 2. The number of ether oxygens (including phenoxy) is 1. The van der Waals surface area contributed by atoms with Crippen molar-refractivity contribution in [3.05, 3.63) is 29.6 Å². The molecule has 1 atom stereocenters. The molecule has 1 aromatic rings. The molecule has 0 bridgehead atoms. The molecule has 0 aromatic carbocycles. The van der Waals surface area contributed by atoms with Crippen molar-refractivity contribution in [1.82, 2.24) is 19.1 Å². The summed E-state index contributed by atoms with van der Waals surface area (Å²) in [5, 5.41) is 0. The van der Waals surface area contributed by atoms with Gasteiger partial charge in [0.15, 0.2) is 0 Å². The zero-order valence-corrected chi connectivity index (χ0v) is 17.0. The Labute approximate surface area is 165 Å². The van der Waals surface area contributed by atoms with Gasteiger partial charge in [0.2, 0.25) is 21.8 Å². The van der Waals surface area contributed by atoms with Crippen LogP contribution in [-0.2, 0) is 30.9 Å². The van der Waals surface area contributed by atoms with Gasteiger partial charge in [-0.25, -0.2) is 8.42 Å². The van der Waals surface area contributed by atoms with Crippen LogP contribution in [0.1, 0.15) is 24.1 Å². The first-order chi connectivity index (χ1) is 13.3. The molecule has 10 heteroatoms. The average molecular weight is 410 g/mol. The molecule has 0 aliphatic carbocycles. The van der Waals surface area contributed by atoms with Crippen LogP contribution in [0.5, 0.6) is 0 Å². The smallest absolute Gasteiger partial charge is 0.233 e. The number of amides is 2. The molecule has 1 aromatic heterocycles. The Kier molecular flexibility index (Phi) is 6.31. The number of sulfonamides is 1. The predicted molar refractivity (Wildman–Crippen MR) is 102 cm³/mol. The Morgan fingerprint density at radius 3 is 2.57 bits per heavy atom. The summed E-state index contributed by atoms with van der Waals surface area (Å²) in [4.78, 5) is 32.8. The monoisotopic (exact) mass is 410 g/mol. The number of nitrogens with zero attached hydrogens (tertiary/aromatic N) is 4. The van der Waals surface area contributed by atoms with Crippen molar-refractivity contribution in [1.29, 1.82) is 0 Å². The highest BCUT2D eigenvalue weighted by Gasteiger charge is 2.37. The molecule has 2 aliphatic heterocycles. The molecule has 9 nitrogen and oxygen atoms in total. The Morgan fingerprint density at radius 1 is 1.21 bits per heavy atom. The van der Waals surface area contributed by atoms with E-state index in [4.69, 9.17) is 4.74 Å². The Morgan fingerprint density at radius 2 is 1.93 bits per heavy atom. The van der Waals surface area contributed by atoms with Crippen LogP contribution in [0.4, 0.5) is 0 Å². The minimum Gasteiger partial charge on any atom is -0.384 e. The number of piperazine rings is 1. The van der Waals surface area contributed by atoms with E-state index in [2.05, 4.69) is 4.98 Å². The SMILES string of the molecule is COCCS(=O)(=O)N1CCN(C(=O)C2CN(C(C)=O)Cc3cccnc32)CC1. The minimum atomic E-state index is -3.38. The van der Waals surface area contributed by atoms with Gasteiger partial charge in [0, 0.05) is 59.5 Å². The molecule has 1 unspecified atom stereocenters. The second-order valence-electron chi connectivity index (χ2n) is 7.03. The molecular formula is C18H26N4O5S. The van der Waals surface area contributed by atoms with Crippen molar-refractivity contribution in [3.63, 3.8) is 0 Å². The van der Waals surface area contributed by atoms with E-state index >= 15 is 0 Å². The number of hydrogen-bond acceptors (Lipinski definition) is 6. The Hall–Kier alpha value is -2.04. The highest BCUT2D eigenvalue weighted by atomic mass is 32.2. The number of carbonyl (C=O) groups is 2. The third-order valence-electron chi connectivity index (χ3n) is 5.25. The second kappa shape index (κ2) is 8.54. The van der Waals surface area contributed by atoms with Crippen LogP contribution < -0.4 is 0 Å². The molecule has 3 rings (SSSR count). The molecule has 0 spiro atoms. The third kappa shape index (κ3) is 4.34. The van der Waals surface area contributed by atoms with Gasteiger partial charge < -0.3 is 14.5 Å². The Balaban J connectivity index is 1.70. The van der Waals surface area contributed by atoms with Gasteiger partial charge in [-0.3, -0.25) is 14.6 Å². The zero-order valence-electron chi connectivity index (χ0n) is 16.2. The summed E-state index contributed by atoms with van der Waals surface area (Å²) in [7, 11) is -1.92. The van der Waals surface area contributed by atoms with Gasteiger partial charge in [0.05, 0.1) is 24.0 Å². The first-order valence-corrected chi connectivity index (χ1v) is 10.9. The summed E-state index contributed by atoms with van der Waals surface area (Å²) in [5.74, 6) is -0.781. The van der Waals surface area contributed by atoms with E-state index in [0.717, 1.165) is 5.56 Å². The van der Waals surface area contributed by atoms with Gasteiger partial charge in [-0.1, -0.05) is 6.07 Å². The van der Waals surface area contributed by atoms with Gasteiger partial charge >= 0.3 is 0 Å². The van der Waals surface area contributed by atoms with E-state index in [1.165, 1.54) is 18.3 Å². The number of rotatable bonds is 5. The van der Waals surface area contributed by atoms with Gasteiger partial charge in [-0.05, 0) is 11.6 Å². The molecule has 1 fully saturated rings. The maximum absolute atomic E-state index is 13.2. The zero-order chi connectivity index (χ0) is 20.3. The highest BCUT2D eigenvalue weighted by molar-refractivity contribution is 7.89. The fourth-order valence-corrected chi connectivity index (χ4v) is 4.99. The van der Waals surface area contributed by atoms with E-state index in [0.29, 0.717) is 31.9 Å². The molecule has 0 saturated carbocycles. The van der Waals surface area contributed by atoms with Crippen molar-refractivity contribution in [2.24, 2.45) is 0 Å². The topological polar surface area (TPSA) is 100 Å². The van der Waals surface area contributed by atoms with E-state index in [9.17, 15) is 18.0 Å². The molecule has 0 radical (unpaired) electrons. The maximum atomic E-state index is 13.2. The molecule has 3 heterocycles. The third-order valence-corrected chi connectivity index (χ3v) is 7.09. The normalized spacial score (nSPS) is 20.7. The first kappa shape index (κ1) is 20.7. The lowest BCUT2D eigenvalue weighted by Gasteiger charge is -2.38. The van der Waals surface area contributed by atoms with E-state index in [-0.39, 0.29) is 37.3 Å². The molecule has 2 amide bonds. The van der Waals surface area contributed by atoms with Gasteiger partial charge in [-0.15, -0.1) is 0 Å². The maximum Gasteiger partial charge on any atom is 0.233 e. The summed E-state index contributed by atoms with van der Waals surface area (Å²) in [6.07, 6.45) is 1.66. The molecule has 154 valence electrons. The lowest BCUT2D eigenvalue weighted by atomic mass is 9.93. The van der Waals surface area contributed by atoms with Crippen LogP contribution in [0.3, 0.4) is 0 Å². The van der Waals surface area contributed by atoms with Crippen molar-refractivity contribution in [2.45, 2.75) is 19.4 Å². The number of pyridine rings is 1. The summed E-state index contributed by atoms with van der Waals surface area (Å²) >= 11 is 0. The van der Waals surface area contributed by atoms with E-state index in [1.807, 2.05) is 6.07 Å². The summed E-state index contributed by atoms with van der Waals surface area (Å²) in [6, 6.07) is 3.69. The highest BCUT2D eigenvalue weighted by Crippen LogP contribution is 2.28. The summed E-state index contributed by atoms with van der Waals surface area (Å²) in [6.45, 7) is 3.55. The van der Waals surface area contributed by atoms with Crippen molar-refractivity contribution >= 4 is 21.8 Å². The first-order valence-electron chi connectivity index (χ1n) is 9.28. The number of methoxy groups -OCH3 is 1. The molecule has 1 saturated heterocycles. The van der Waals surface area contributed by atoms with E-state index < -0.39 is 15.9 Å². The fraction of sp³-hybridized carbons (Fsp3) is 0.611. The summed E-state index contributed by atoms with van der Waals surface area (Å²) in [5.41, 5.74) is 1.59. The second-order valence-corrected chi connectivity index (χ2v) is 9.12. The van der Waals surface area contributed by atoms with Gasteiger partial charge in [-0.2, -0.15) is 4.31 Å². The average Bonchev–Trinajstić information content (AvgIpc) is 2.71. The predicted octanol–water partition coefficient (Wildman–Crippen LogP) is -0.352. The van der Waals surface area contributed by atoms with Crippen molar-refractivity contribution in [3.8, 4) is 0 Å². The largest absolute Gasteiger partial charge is 0.384 e. The number of aromatic nitrogens is 1. The standard InChI is InChI=1S/C18H26N4O5S/c1-14(23)21-12-15-4-3-5-19-17(15)16(13-21)18(24)20-6-8-22(9-7-20)28(25,26)11-10-27-2/h3-5,16H,6-13H2,1-2H3. The molecule has 28 heavy (non-hydrogen) atoms. The number of fused-ring (bicyclic) bond motifs is 1. The molecule has 2 aliphatic rings. The minimum absolute atomic E-state index is 0.0645. The van der Waals surface area contributed by atoms with Crippen LogP contribution in [-0.4, -0.2) is 91.5 Å². The fourth-order valence-electron chi connectivity index (χ4n) is 3.64. The Bertz CT molecular complexity index is 836. The lowest BCUT2D eigenvalue weighted by molar-refractivity contribution is -0.137. The number of hydrogen-bond donors (Lipinski definition) is 0. The van der Waals surface area contributed by atoms with E-state index in [1.54, 1.807) is 22.1 Å². The summed E-state index contributed by atoms with van der Waals surface area (Å²) < 4.78 is 30.9.